The van der Waals surface area contributed by atoms with Gasteiger partial charge in [-0.2, -0.15) is 0 Å². The van der Waals surface area contributed by atoms with E-state index in [9.17, 15) is 0 Å². The number of nitrogens with zero attached hydrogens (tertiary/aromatic N) is 1. The maximum atomic E-state index is 3.43. The Balaban J connectivity index is 2.06. The number of hydrogen-bond donors (Lipinski definition) is 1. The van der Waals surface area contributed by atoms with Gasteiger partial charge in [-0.1, -0.05) is 12.2 Å². The highest BCUT2D eigenvalue weighted by atomic mass is 15.2. The van der Waals surface area contributed by atoms with Crippen molar-refractivity contribution in [1.29, 1.82) is 0 Å². The van der Waals surface area contributed by atoms with Crippen LogP contribution in [0.25, 0.3) is 0 Å². The van der Waals surface area contributed by atoms with Gasteiger partial charge in [0.05, 0.1) is 0 Å². The standard InChI is InChI=1S/C11H22N2/c1-3-4-7-12-10-11(2)13-8-5-6-9-13/h3-4,11-12H,5-10H2,1-2H3/b4-3+. The number of nitrogens with one attached hydrogen (secondary N) is 1. The van der Waals surface area contributed by atoms with Crippen molar-refractivity contribution in [2.45, 2.75) is 32.7 Å². The molecule has 1 saturated heterocycles. The van der Waals surface area contributed by atoms with Gasteiger partial charge >= 0.3 is 0 Å². The Morgan fingerprint density at radius 3 is 2.69 bits per heavy atom. The van der Waals surface area contributed by atoms with Crippen molar-refractivity contribution < 1.29 is 0 Å². The molecule has 0 aromatic rings. The molecule has 0 spiro atoms. The summed E-state index contributed by atoms with van der Waals surface area (Å²) >= 11 is 0. The van der Waals surface area contributed by atoms with E-state index in [4.69, 9.17) is 0 Å². The van der Waals surface area contributed by atoms with Crippen LogP contribution in [0.5, 0.6) is 0 Å². The third kappa shape index (κ3) is 3.92. The normalized spacial score (nSPS) is 21.4. The van der Waals surface area contributed by atoms with Gasteiger partial charge in [0.2, 0.25) is 0 Å². The lowest BCUT2D eigenvalue weighted by molar-refractivity contribution is 0.254. The molecule has 0 aromatic carbocycles. The zero-order valence-electron chi connectivity index (χ0n) is 8.92. The minimum Gasteiger partial charge on any atom is -0.312 e. The molecule has 0 radical (unpaired) electrons. The van der Waals surface area contributed by atoms with E-state index in [2.05, 4.69) is 36.2 Å². The van der Waals surface area contributed by atoms with Crippen molar-refractivity contribution >= 4 is 0 Å². The fraction of sp³-hybridized carbons (Fsp3) is 0.818. The fourth-order valence-electron chi connectivity index (χ4n) is 1.80. The van der Waals surface area contributed by atoms with E-state index in [-0.39, 0.29) is 0 Å². The molecule has 0 aromatic heterocycles. The van der Waals surface area contributed by atoms with E-state index in [1.807, 2.05) is 0 Å². The molecule has 0 amide bonds. The molecule has 0 bridgehead atoms. The summed E-state index contributed by atoms with van der Waals surface area (Å²) < 4.78 is 0. The monoisotopic (exact) mass is 182 g/mol. The van der Waals surface area contributed by atoms with Gasteiger partial charge in [0, 0.05) is 19.1 Å². The predicted octanol–water partition coefficient (Wildman–Crippen LogP) is 1.64. The summed E-state index contributed by atoms with van der Waals surface area (Å²) in [5.74, 6) is 0. The van der Waals surface area contributed by atoms with Gasteiger partial charge in [-0.15, -0.1) is 0 Å². The van der Waals surface area contributed by atoms with E-state index < -0.39 is 0 Å². The van der Waals surface area contributed by atoms with Crippen molar-refractivity contribution in [3.8, 4) is 0 Å². The molecule has 13 heavy (non-hydrogen) atoms. The molecule has 0 saturated carbocycles. The van der Waals surface area contributed by atoms with E-state index in [1.165, 1.54) is 25.9 Å². The Morgan fingerprint density at radius 2 is 2.08 bits per heavy atom. The lowest BCUT2D eigenvalue weighted by atomic mass is 10.3. The zero-order valence-corrected chi connectivity index (χ0v) is 8.92. The predicted molar refractivity (Wildman–Crippen MR) is 58.0 cm³/mol. The topological polar surface area (TPSA) is 15.3 Å². The van der Waals surface area contributed by atoms with Crippen LogP contribution in [0.15, 0.2) is 12.2 Å². The molecule has 1 unspecified atom stereocenters. The minimum atomic E-state index is 0.702. The van der Waals surface area contributed by atoms with Crippen molar-refractivity contribution in [3.05, 3.63) is 12.2 Å². The van der Waals surface area contributed by atoms with Crippen LogP contribution < -0.4 is 5.32 Å². The van der Waals surface area contributed by atoms with Crippen LogP contribution in [0, 0.1) is 0 Å². The third-order valence-corrected chi connectivity index (χ3v) is 2.70. The average Bonchev–Trinajstić information content (AvgIpc) is 2.65. The molecule has 2 nitrogen and oxygen atoms in total. The Bertz CT molecular complexity index is 148. The average molecular weight is 182 g/mol. The van der Waals surface area contributed by atoms with Crippen LogP contribution in [0.3, 0.4) is 0 Å². The quantitative estimate of drug-likeness (QED) is 0.513. The molecule has 1 aliphatic rings. The second-order valence-corrected chi connectivity index (χ2v) is 3.82. The first kappa shape index (κ1) is 10.7. The molecule has 1 rings (SSSR count). The van der Waals surface area contributed by atoms with Gasteiger partial charge in [0.25, 0.3) is 0 Å². The van der Waals surface area contributed by atoms with Gasteiger partial charge in [0.15, 0.2) is 0 Å². The summed E-state index contributed by atoms with van der Waals surface area (Å²) in [6.45, 7) is 9.09. The first-order valence-corrected chi connectivity index (χ1v) is 5.40. The molecule has 1 N–H and O–H groups in total. The molecular formula is C11H22N2. The van der Waals surface area contributed by atoms with Crippen LogP contribution >= 0.6 is 0 Å². The molecular weight excluding hydrogens is 160 g/mol. The maximum Gasteiger partial charge on any atom is 0.0192 e. The second kappa shape index (κ2) is 6.17. The molecule has 2 heteroatoms. The SMILES string of the molecule is C/C=C/CNCC(C)N1CCCC1. The van der Waals surface area contributed by atoms with Crippen LogP contribution in [0.4, 0.5) is 0 Å². The van der Waals surface area contributed by atoms with Gasteiger partial charge < -0.3 is 5.32 Å². The molecule has 76 valence electrons. The van der Waals surface area contributed by atoms with Crippen molar-refractivity contribution in [1.82, 2.24) is 10.2 Å². The molecule has 1 atom stereocenters. The molecule has 0 aliphatic carbocycles. The van der Waals surface area contributed by atoms with Gasteiger partial charge in [-0.05, 0) is 39.8 Å². The van der Waals surface area contributed by atoms with Crippen LogP contribution in [0.1, 0.15) is 26.7 Å². The number of likely N-dealkylation sites (tertiary alicyclic amines) is 1. The van der Waals surface area contributed by atoms with E-state index >= 15 is 0 Å². The van der Waals surface area contributed by atoms with Crippen molar-refractivity contribution in [3.63, 3.8) is 0 Å². The van der Waals surface area contributed by atoms with E-state index in [1.54, 1.807) is 0 Å². The summed E-state index contributed by atoms with van der Waals surface area (Å²) in [5, 5.41) is 3.43. The van der Waals surface area contributed by atoms with E-state index in [0.717, 1.165) is 13.1 Å². The van der Waals surface area contributed by atoms with Crippen molar-refractivity contribution in [2.75, 3.05) is 26.2 Å². The second-order valence-electron chi connectivity index (χ2n) is 3.82. The number of rotatable bonds is 5. The van der Waals surface area contributed by atoms with Crippen LogP contribution in [-0.4, -0.2) is 37.1 Å². The van der Waals surface area contributed by atoms with Crippen LogP contribution in [0.2, 0.25) is 0 Å². The smallest absolute Gasteiger partial charge is 0.0192 e. The summed E-state index contributed by atoms with van der Waals surface area (Å²) in [4.78, 5) is 2.57. The van der Waals surface area contributed by atoms with Crippen LogP contribution in [-0.2, 0) is 0 Å². The third-order valence-electron chi connectivity index (χ3n) is 2.70. The summed E-state index contributed by atoms with van der Waals surface area (Å²) in [7, 11) is 0. The van der Waals surface area contributed by atoms with Gasteiger partial charge in [-0.3, -0.25) is 4.90 Å². The Kier molecular flexibility index (Phi) is 5.09. The molecule has 1 heterocycles. The fourth-order valence-corrected chi connectivity index (χ4v) is 1.80. The summed E-state index contributed by atoms with van der Waals surface area (Å²) in [5.41, 5.74) is 0. The lowest BCUT2D eigenvalue weighted by Gasteiger charge is -2.23. The maximum absolute atomic E-state index is 3.43. The minimum absolute atomic E-state index is 0.702. The highest BCUT2D eigenvalue weighted by Crippen LogP contribution is 2.10. The largest absolute Gasteiger partial charge is 0.312 e. The van der Waals surface area contributed by atoms with E-state index in [0.29, 0.717) is 6.04 Å². The Morgan fingerprint density at radius 1 is 1.38 bits per heavy atom. The summed E-state index contributed by atoms with van der Waals surface area (Å²) in [6, 6.07) is 0.702. The lowest BCUT2D eigenvalue weighted by Crippen LogP contribution is -2.38. The Hall–Kier alpha value is -0.340. The highest BCUT2D eigenvalue weighted by Gasteiger charge is 2.16. The molecule has 1 fully saturated rings. The van der Waals surface area contributed by atoms with Gasteiger partial charge in [0.1, 0.15) is 0 Å². The van der Waals surface area contributed by atoms with Crippen molar-refractivity contribution in [2.24, 2.45) is 0 Å². The first-order chi connectivity index (χ1) is 6.34. The number of hydrogen-bond acceptors (Lipinski definition) is 2. The zero-order chi connectivity index (χ0) is 9.52. The number of allylic oxidation sites excluding steroid dienone is 1. The first-order valence-electron chi connectivity index (χ1n) is 5.40. The highest BCUT2D eigenvalue weighted by molar-refractivity contribution is 4.81. The molecule has 1 aliphatic heterocycles. The van der Waals surface area contributed by atoms with Gasteiger partial charge in [-0.25, -0.2) is 0 Å². The summed E-state index contributed by atoms with van der Waals surface area (Å²) in [6.07, 6.45) is 7.03. The Labute approximate surface area is 82.0 Å².